The van der Waals surface area contributed by atoms with Gasteiger partial charge < -0.3 is 5.32 Å². The van der Waals surface area contributed by atoms with E-state index >= 15 is 0 Å². The van der Waals surface area contributed by atoms with Gasteiger partial charge in [-0.25, -0.2) is 0 Å². The molecule has 3 unspecified atom stereocenters. The minimum Gasteiger partial charge on any atom is -0.307 e. The van der Waals surface area contributed by atoms with E-state index in [1.165, 1.54) is 21.6 Å². The predicted molar refractivity (Wildman–Crippen MR) is 81.4 cm³/mol. The third-order valence-electron chi connectivity index (χ3n) is 3.87. The number of nitrogens with one attached hydrogen (secondary N) is 1. The van der Waals surface area contributed by atoms with E-state index in [0.29, 0.717) is 23.3 Å². The summed E-state index contributed by atoms with van der Waals surface area (Å²) in [5.74, 6) is 0.672. The van der Waals surface area contributed by atoms with Gasteiger partial charge in [0.25, 0.3) is 0 Å². The van der Waals surface area contributed by atoms with Crippen molar-refractivity contribution in [3.63, 3.8) is 0 Å². The first-order valence-corrected chi connectivity index (χ1v) is 7.82. The highest BCUT2D eigenvalue weighted by atomic mass is 32.2. The van der Waals surface area contributed by atoms with Gasteiger partial charge in [-0.15, -0.1) is 11.8 Å². The summed E-state index contributed by atoms with van der Waals surface area (Å²) < 4.78 is 0. The third kappa shape index (κ3) is 2.60. The van der Waals surface area contributed by atoms with Gasteiger partial charge in [0, 0.05) is 22.2 Å². The lowest BCUT2D eigenvalue weighted by atomic mass is 9.89. The van der Waals surface area contributed by atoms with Gasteiger partial charge in [0.2, 0.25) is 0 Å². The molecule has 1 aromatic carbocycles. The Morgan fingerprint density at radius 1 is 1.17 bits per heavy atom. The second-order valence-corrected chi connectivity index (χ2v) is 7.37. The second kappa shape index (κ2) is 5.26. The van der Waals surface area contributed by atoms with Gasteiger partial charge >= 0.3 is 0 Å². The zero-order valence-corrected chi connectivity index (χ0v) is 13.2. The maximum absolute atomic E-state index is 3.76. The summed E-state index contributed by atoms with van der Waals surface area (Å²) in [4.78, 5) is 1.50. The van der Waals surface area contributed by atoms with Crippen molar-refractivity contribution in [2.75, 3.05) is 0 Å². The molecule has 1 aromatic rings. The molecule has 1 N–H and O–H groups in total. The molecule has 0 radical (unpaired) electrons. The maximum atomic E-state index is 3.76. The molecule has 0 saturated carbocycles. The number of thioether (sulfide) groups is 1. The predicted octanol–water partition coefficient (Wildman–Crippen LogP) is 4.47. The van der Waals surface area contributed by atoms with Gasteiger partial charge in [-0.05, 0) is 30.9 Å². The van der Waals surface area contributed by atoms with E-state index in [-0.39, 0.29) is 0 Å². The molecule has 2 heteroatoms. The highest BCUT2D eigenvalue weighted by Crippen LogP contribution is 2.46. The molecule has 0 fully saturated rings. The van der Waals surface area contributed by atoms with Crippen molar-refractivity contribution in [3.05, 3.63) is 28.8 Å². The molecule has 3 atom stereocenters. The second-order valence-electron chi connectivity index (χ2n) is 5.98. The largest absolute Gasteiger partial charge is 0.307 e. The first kappa shape index (κ1) is 14.0. The Morgan fingerprint density at radius 2 is 1.83 bits per heavy atom. The van der Waals surface area contributed by atoms with Crippen molar-refractivity contribution in [3.8, 4) is 0 Å². The first-order valence-electron chi connectivity index (χ1n) is 6.94. The molecule has 1 aliphatic rings. The average molecular weight is 263 g/mol. The van der Waals surface area contributed by atoms with Crippen LogP contribution in [0.25, 0.3) is 0 Å². The Bertz CT molecular complexity index is 439. The van der Waals surface area contributed by atoms with Crippen molar-refractivity contribution >= 4 is 11.8 Å². The number of fused-ring (bicyclic) bond motifs is 1. The van der Waals surface area contributed by atoms with Gasteiger partial charge in [0.15, 0.2) is 0 Å². The molecular formula is C16H25NS. The van der Waals surface area contributed by atoms with Crippen LogP contribution in [0.5, 0.6) is 0 Å². The number of rotatable bonds is 2. The normalized spacial score (nSPS) is 27.4. The standard InChI is InChI=1S/C16H25NS/c1-9(2)17-15-12(5)13(6)18-16-11(4)7-10(3)8-14(15)16/h7-9,12-13,15,17H,1-6H3. The molecular weight excluding hydrogens is 238 g/mol. The van der Waals surface area contributed by atoms with Crippen LogP contribution in [0.4, 0.5) is 0 Å². The van der Waals surface area contributed by atoms with Crippen molar-refractivity contribution < 1.29 is 0 Å². The summed E-state index contributed by atoms with van der Waals surface area (Å²) in [6.45, 7) is 13.6. The van der Waals surface area contributed by atoms with Gasteiger partial charge in [-0.2, -0.15) is 0 Å². The van der Waals surface area contributed by atoms with Crippen LogP contribution in [0.15, 0.2) is 17.0 Å². The third-order valence-corrected chi connectivity index (χ3v) is 5.46. The number of hydrogen-bond donors (Lipinski definition) is 1. The zero-order valence-electron chi connectivity index (χ0n) is 12.4. The number of hydrogen-bond acceptors (Lipinski definition) is 2. The molecule has 100 valence electrons. The molecule has 0 aliphatic carbocycles. The van der Waals surface area contributed by atoms with E-state index in [4.69, 9.17) is 0 Å². The Balaban J connectivity index is 2.48. The highest BCUT2D eigenvalue weighted by Gasteiger charge is 2.33. The fraction of sp³-hybridized carbons (Fsp3) is 0.625. The minimum atomic E-state index is 0.495. The molecule has 0 spiro atoms. The quantitative estimate of drug-likeness (QED) is 0.844. The van der Waals surface area contributed by atoms with E-state index in [0.717, 1.165) is 0 Å². The smallest absolute Gasteiger partial charge is 0.0370 e. The highest BCUT2D eigenvalue weighted by molar-refractivity contribution is 8.00. The Kier molecular flexibility index (Phi) is 4.08. The summed E-state index contributed by atoms with van der Waals surface area (Å²) in [6.07, 6.45) is 0. The molecule has 1 aliphatic heterocycles. The van der Waals surface area contributed by atoms with Crippen LogP contribution in [0, 0.1) is 19.8 Å². The van der Waals surface area contributed by atoms with E-state index < -0.39 is 0 Å². The van der Waals surface area contributed by atoms with Crippen LogP contribution < -0.4 is 5.32 Å². The lowest BCUT2D eigenvalue weighted by molar-refractivity contribution is 0.347. The summed E-state index contributed by atoms with van der Waals surface area (Å²) >= 11 is 2.05. The lowest BCUT2D eigenvalue weighted by Crippen LogP contribution is -2.38. The summed E-state index contributed by atoms with van der Waals surface area (Å²) in [6, 6.07) is 5.70. The van der Waals surface area contributed by atoms with Crippen LogP contribution in [0.3, 0.4) is 0 Å². The maximum Gasteiger partial charge on any atom is 0.0370 e. The fourth-order valence-electron chi connectivity index (χ4n) is 2.83. The van der Waals surface area contributed by atoms with Crippen molar-refractivity contribution in [1.82, 2.24) is 5.32 Å². The molecule has 1 nitrogen and oxygen atoms in total. The zero-order chi connectivity index (χ0) is 13.4. The lowest BCUT2D eigenvalue weighted by Gasteiger charge is -2.38. The van der Waals surface area contributed by atoms with Crippen LogP contribution in [0.2, 0.25) is 0 Å². The van der Waals surface area contributed by atoms with E-state index in [2.05, 4.69) is 59.0 Å². The van der Waals surface area contributed by atoms with Crippen molar-refractivity contribution in [1.29, 1.82) is 0 Å². The molecule has 1 heterocycles. The van der Waals surface area contributed by atoms with Crippen LogP contribution >= 0.6 is 11.8 Å². The fourth-order valence-corrected chi connectivity index (χ4v) is 4.14. The number of benzene rings is 1. The van der Waals surface area contributed by atoms with Crippen LogP contribution in [0.1, 0.15) is 50.4 Å². The Labute approximate surface area is 116 Å². The first-order chi connectivity index (χ1) is 8.40. The van der Waals surface area contributed by atoms with Gasteiger partial charge in [0.1, 0.15) is 0 Å². The van der Waals surface area contributed by atoms with E-state index in [1.807, 2.05) is 11.8 Å². The molecule has 2 rings (SSSR count). The molecule has 18 heavy (non-hydrogen) atoms. The summed E-state index contributed by atoms with van der Waals surface area (Å²) in [5.41, 5.74) is 4.32. The Morgan fingerprint density at radius 3 is 2.44 bits per heavy atom. The number of aryl methyl sites for hydroxylation is 2. The SMILES string of the molecule is Cc1cc(C)c2c(c1)C(NC(C)C)C(C)C(C)S2. The van der Waals surface area contributed by atoms with Gasteiger partial charge in [0.05, 0.1) is 0 Å². The molecule has 0 bridgehead atoms. The van der Waals surface area contributed by atoms with Gasteiger partial charge in [-0.1, -0.05) is 45.4 Å². The monoisotopic (exact) mass is 263 g/mol. The van der Waals surface area contributed by atoms with Crippen LogP contribution in [-0.4, -0.2) is 11.3 Å². The molecule has 0 saturated heterocycles. The summed E-state index contributed by atoms with van der Waals surface area (Å²) in [5, 5.41) is 4.44. The van der Waals surface area contributed by atoms with E-state index in [1.54, 1.807) is 0 Å². The Hall–Kier alpha value is -0.470. The topological polar surface area (TPSA) is 12.0 Å². The minimum absolute atomic E-state index is 0.495. The molecule has 0 amide bonds. The summed E-state index contributed by atoms with van der Waals surface area (Å²) in [7, 11) is 0. The van der Waals surface area contributed by atoms with E-state index in [9.17, 15) is 0 Å². The van der Waals surface area contributed by atoms with Gasteiger partial charge in [-0.3, -0.25) is 0 Å². The molecule has 0 aromatic heterocycles. The van der Waals surface area contributed by atoms with Crippen molar-refractivity contribution in [2.45, 2.75) is 63.8 Å². The van der Waals surface area contributed by atoms with Crippen LogP contribution in [-0.2, 0) is 0 Å². The van der Waals surface area contributed by atoms with Crippen molar-refractivity contribution in [2.24, 2.45) is 5.92 Å². The average Bonchev–Trinajstić information content (AvgIpc) is 2.26.